The summed E-state index contributed by atoms with van der Waals surface area (Å²) < 4.78 is 1.50. The van der Waals surface area contributed by atoms with Gasteiger partial charge >= 0.3 is 5.69 Å². The van der Waals surface area contributed by atoms with Crippen molar-refractivity contribution in [2.45, 2.75) is 19.9 Å². The van der Waals surface area contributed by atoms with Gasteiger partial charge in [-0.15, -0.1) is 0 Å². The third-order valence-corrected chi connectivity index (χ3v) is 2.77. The Kier molecular flexibility index (Phi) is 3.74. The summed E-state index contributed by atoms with van der Waals surface area (Å²) in [7, 11) is 1.69. The third kappa shape index (κ3) is 2.70. The van der Waals surface area contributed by atoms with Crippen LogP contribution in [0.1, 0.15) is 18.3 Å². The highest BCUT2D eigenvalue weighted by molar-refractivity contribution is 5.59. The van der Waals surface area contributed by atoms with Crippen LogP contribution in [-0.4, -0.2) is 19.7 Å². The van der Waals surface area contributed by atoms with E-state index in [0.29, 0.717) is 24.5 Å². The number of hydrogen-bond donors (Lipinski definition) is 1. The Morgan fingerprint density at radius 3 is 2.84 bits per heavy atom. The van der Waals surface area contributed by atoms with Gasteiger partial charge in [-0.3, -0.25) is 15.1 Å². The highest BCUT2D eigenvalue weighted by Gasteiger charge is 2.25. The van der Waals surface area contributed by atoms with Gasteiger partial charge in [0.1, 0.15) is 5.69 Å². The largest absolute Gasteiger partial charge is 0.359 e. The minimum absolute atomic E-state index is 0.0425. The van der Waals surface area contributed by atoms with Crippen molar-refractivity contribution in [2.75, 3.05) is 5.32 Å². The molecule has 100 valence electrons. The summed E-state index contributed by atoms with van der Waals surface area (Å²) in [6, 6.07) is 5.56. The summed E-state index contributed by atoms with van der Waals surface area (Å²) in [4.78, 5) is 14.9. The molecule has 0 aliphatic heterocycles. The smallest absolute Gasteiger partial charge is 0.333 e. The molecule has 2 aromatic rings. The minimum atomic E-state index is -0.396. The fraction of sp³-hybridized carbons (Fsp3) is 0.333. The van der Waals surface area contributed by atoms with Gasteiger partial charge < -0.3 is 5.32 Å². The summed E-state index contributed by atoms with van der Waals surface area (Å²) in [5.41, 5.74) is 1.34. The van der Waals surface area contributed by atoms with Crippen LogP contribution in [0.5, 0.6) is 0 Å². The van der Waals surface area contributed by atoms with Gasteiger partial charge in [0.25, 0.3) is 0 Å². The molecule has 0 saturated heterocycles. The first kappa shape index (κ1) is 13.0. The Balaban J connectivity index is 2.25. The molecule has 0 saturated carbocycles. The molecule has 0 amide bonds. The van der Waals surface area contributed by atoms with Crippen molar-refractivity contribution in [1.82, 2.24) is 14.8 Å². The molecule has 2 rings (SSSR count). The number of aryl methyl sites for hydroxylation is 2. The van der Waals surface area contributed by atoms with Crippen LogP contribution in [0.4, 0.5) is 11.5 Å². The van der Waals surface area contributed by atoms with E-state index in [2.05, 4.69) is 15.4 Å². The van der Waals surface area contributed by atoms with E-state index >= 15 is 0 Å². The van der Waals surface area contributed by atoms with Crippen molar-refractivity contribution in [1.29, 1.82) is 0 Å². The maximum absolute atomic E-state index is 11.1. The van der Waals surface area contributed by atoms with Crippen molar-refractivity contribution >= 4 is 11.5 Å². The fourth-order valence-electron chi connectivity index (χ4n) is 1.87. The molecule has 1 N–H and O–H groups in total. The lowest BCUT2D eigenvalue weighted by molar-refractivity contribution is -0.384. The molecule has 0 fully saturated rings. The topological polar surface area (TPSA) is 85.9 Å². The van der Waals surface area contributed by atoms with Crippen molar-refractivity contribution in [3.63, 3.8) is 0 Å². The zero-order chi connectivity index (χ0) is 13.8. The first-order chi connectivity index (χ1) is 9.13. The molecule has 7 nitrogen and oxygen atoms in total. The molecule has 7 heteroatoms. The van der Waals surface area contributed by atoms with Gasteiger partial charge in [0.05, 0.1) is 17.2 Å². The number of rotatable bonds is 5. The SMILES string of the molecule is CCc1nn(C)c(NCc2ccccn2)c1[N+](=O)[O-]. The second-order valence-electron chi connectivity index (χ2n) is 4.05. The number of nitrogens with one attached hydrogen (secondary N) is 1. The van der Waals surface area contributed by atoms with Crippen molar-refractivity contribution in [3.8, 4) is 0 Å². The Bertz CT molecular complexity index is 579. The summed E-state index contributed by atoms with van der Waals surface area (Å²) >= 11 is 0. The predicted molar refractivity (Wildman–Crippen MR) is 70.8 cm³/mol. The van der Waals surface area contributed by atoms with Crippen LogP contribution in [-0.2, 0) is 20.0 Å². The Morgan fingerprint density at radius 1 is 1.47 bits per heavy atom. The second kappa shape index (κ2) is 5.47. The lowest BCUT2D eigenvalue weighted by Gasteiger charge is -2.05. The lowest BCUT2D eigenvalue weighted by atomic mass is 10.3. The number of pyridine rings is 1. The molecule has 0 aromatic carbocycles. The van der Waals surface area contributed by atoms with E-state index in [9.17, 15) is 10.1 Å². The molecule has 0 aliphatic carbocycles. The molecular weight excluding hydrogens is 246 g/mol. The number of hydrogen-bond acceptors (Lipinski definition) is 5. The van der Waals surface area contributed by atoms with Crippen molar-refractivity contribution < 1.29 is 4.92 Å². The maximum Gasteiger partial charge on any atom is 0.333 e. The van der Waals surface area contributed by atoms with E-state index in [1.165, 1.54) is 4.68 Å². The van der Waals surface area contributed by atoms with Crippen LogP contribution in [0.15, 0.2) is 24.4 Å². The van der Waals surface area contributed by atoms with Crippen LogP contribution >= 0.6 is 0 Å². The number of anilines is 1. The van der Waals surface area contributed by atoms with E-state index < -0.39 is 4.92 Å². The summed E-state index contributed by atoms with van der Waals surface area (Å²) in [5.74, 6) is 0.410. The van der Waals surface area contributed by atoms with Gasteiger partial charge in [-0.05, 0) is 18.6 Å². The Labute approximate surface area is 110 Å². The second-order valence-corrected chi connectivity index (χ2v) is 4.05. The fourth-order valence-corrected chi connectivity index (χ4v) is 1.87. The van der Waals surface area contributed by atoms with Gasteiger partial charge in [0.15, 0.2) is 0 Å². The van der Waals surface area contributed by atoms with Crippen LogP contribution in [0.25, 0.3) is 0 Å². The first-order valence-corrected chi connectivity index (χ1v) is 5.97. The van der Waals surface area contributed by atoms with E-state index in [4.69, 9.17) is 0 Å². The first-order valence-electron chi connectivity index (χ1n) is 5.97. The zero-order valence-corrected chi connectivity index (χ0v) is 10.8. The lowest BCUT2D eigenvalue weighted by Crippen LogP contribution is -2.07. The van der Waals surface area contributed by atoms with Gasteiger partial charge in [0, 0.05) is 13.2 Å². The maximum atomic E-state index is 11.1. The van der Waals surface area contributed by atoms with Gasteiger partial charge in [-0.25, -0.2) is 4.68 Å². The normalized spacial score (nSPS) is 10.4. The van der Waals surface area contributed by atoms with Crippen molar-refractivity contribution in [3.05, 3.63) is 45.9 Å². The molecule has 19 heavy (non-hydrogen) atoms. The van der Waals surface area contributed by atoms with Crippen LogP contribution in [0, 0.1) is 10.1 Å². The van der Waals surface area contributed by atoms with Gasteiger partial charge in [0.2, 0.25) is 5.82 Å². The molecule has 0 bridgehead atoms. The van der Waals surface area contributed by atoms with Crippen molar-refractivity contribution in [2.24, 2.45) is 7.05 Å². The summed E-state index contributed by atoms with van der Waals surface area (Å²) in [6.07, 6.45) is 2.21. The Morgan fingerprint density at radius 2 is 2.26 bits per heavy atom. The Hall–Kier alpha value is -2.44. The highest BCUT2D eigenvalue weighted by Crippen LogP contribution is 2.28. The molecule has 0 atom stereocenters. The molecule has 0 spiro atoms. The third-order valence-electron chi connectivity index (χ3n) is 2.77. The molecule has 0 aliphatic rings. The molecule has 2 heterocycles. The van der Waals surface area contributed by atoms with Crippen LogP contribution in [0.3, 0.4) is 0 Å². The average Bonchev–Trinajstić information content (AvgIpc) is 2.74. The predicted octanol–water partition coefficient (Wildman–Crippen LogP) is 1.90. The van der Waals surface area contributed by atoms with Gasteiger partial charge in [-0.1, -0.05) is 13.0 Å². The quantitative estimate of drug-likeness (QED) is 0.656. The summed E-state index contributed by atoms with van der Waals surface area (Å²) in [5, 5.41) is 18.3. The molecule has 0 radical (unpaired) electrons. The van der Waals surface area contributed by atoms with E-state index in [-0.39, 0.29) is 5.69 Å². The standard InChI is InChI=1S/C12H15N5O2/c1-3-10-11(17(18)19)12(16(2)15-10)14-8-9-6-4-5-7-13-9/h4-7,14H,3,8H2,1-2H3. The highest BCUT2D eigenvalue weighted by atomic mass is 16.6. The van der Waals surface area contributed by atoms with Crippen LogP contribution < -0.4 is 5.32 Å². The van der Waals surface area contributed by atoms with Gasteiger partial charge in [-0.2, -0.15) is 5.10 Å². The average molecular weight is 261 g/mol. The van der Waals surface area contributed by atoms with E-state index in [0.717, 1.165) is 5.69 Å². The molecule has 0 unspecified atom stereocenters. The summed E-state index contributed by atoms with van der Waals surface area (Å²) in [6.45, 7) is 2.27. The molecular formula is C12H15N5O2. The number of nitro groups is 1. The minimum Gasteiger partial charge on any atom is -0.359 e. The molecule has 2 aromatic heterocycles. The number of aromatic nitrogens is 3. The number of nitrogens with zero attached hydrogens (tertiary/aromatic N) is 4. The van der Waals surface area contributed by atoms with E-state index in [1.807, 2.05) is 25.1 Å². The zero-order valence-electron chi connectivity index (χ0n) is 10.8. The van der Waals surface area contributed by atoms with Crippen LogP contribution in [0.2, 0.25) is 0 Å². The van der Waals surface area contributed by atoms with E-state index in [1.54, 1.807) is 13.2 Å². The monoisotopic (exact) mass is 261 g/mol.